The van der Waals surface area contributed by atoms with Gasteiger partial charge in [-0.2, -0.15) is 23.3 Å². The molecule has 1 aromatic rings. The summed E-state index contributed by atoms with van der Waals surface area (Å²) in [6.07, 6.45) is -5.30. The number of ether oxygens (including phenoxy) is 2. The van der Waals surface area contributed by atoms with Gasteiger partial charge in [-0.3, -0.25) is 19.3 Å². The number of halogens is 3. The number of nitrogens with zero attached hydrogens (tertiary/aromatic N) is 3. The Hall–Kier alpha value is -2.93. The third-order valence-electron chi connectivity index (χ3n) is 5.19. The predicted molar refractivity (Wildman–Crippen MR) is 105 cm³/mol. The summed E-state index contributed by atoms with van der Waals surface area (Å²) in [7, 11) is 1.65. The van der Waals surface area contributed by atoms with Crippen LogP contribution in [-0.2, 0) is 34.3 Å². The summed E-state index contributed by atoms with van der Waals surface area (Å²) in [6.45, 7) is 0.971. The second-order valence-corrected chi connectivity index (χ2v) is 7.84. The van der Waals surface area contributed by atoms with Crippen molar-refractivity contribution in [3.8, 4) is 0 Å². The number of amides is 2. The minimum Gasteiger partial charge on any atom is -0.466 e. The van der Waals surface area contributed by atoms with Crippen molar-refractivity contribution in [1.82, 2.24) is 9.91 Å². The highest BCUT2D eigenvalue weighted by molar-refractivity contribution is 7.99. The highest BCUT2D eigenvalue weighted by Crippen LogP contribution is 2.47. The maximum Gasteiger partial charge on any atom is 0.431 e. The summed E-state index contributed by atoms with van der Waals surface area (Å²) in [5.41, 5.74) is -7.27. The van der Waals surface area contributed by atoms with Crippen LogP contribution >= 0.6 is 11.8 Å². The Balaban J connectivity index is 2.33. The fourth-order valence-electron chi connectivity index (χ4n) is 3.62. The van der Waals surface area contributed by atoms with Gasteiger partial charge in [-0.25, -0.2) is 4.79 Å². The number of thioether (sulfide) groups is 1. The fraction of sp³-hybridized carbons (Fsp3) is 0.421. The molecule has 0 radical (unpaired) electrons. The summed E-state index contributed by atoms with van der Waals surface area (Å²) in [6, 6.07) is 6.07. The van der Waals surface area contributed by atoms with Crippen molar-refractivity contribution >= 4 is 41.0 Å². The van der Waals surface area contributed by atoms with Crippen molar-refractivity contribution in [2.24, 2.45) is 5.10 Å². The number of alkyl halides is 3. The first-order chi connectivity index (χ1) is 15.0. The molecule has 1 fully saturated rings. The maximum atomic E-state index is 14.5. The van der Waals surface area contributed by atoms with Crippen molar-refractivity contribution < 1.29 is 41.8 Å². The molecule has 1 aromatic carbocycles. The lowest BCUT2D eigenvalue weighted by Crippen LogP contribution is -2.73. The van der Waals surface area contributed by atoms with Crippen LogP contribution < -0.4 is 0 Å². The van der Waals surface area contributed by atoms with E-state index in [1.54, 1.807) is 0 Å². The van der Waals surface area contributed by atoms with Gasteiger partial charge in [-0.05, 0) is 0 Å². The van der Waals surface area contributed by atoms with Gasteiger partial charge >= 0.3 is 12.1 Å². The highest BCUT2D eigenvalue weighted by atomic mass is 32.2. The molecule has 0 N–H and O–H groups in total. The quantitative estimate of drug-likeness (QED) is 0.594. The molecule has 13 heteroatoms. The number of rotatable bonds is 5. The van der Waals surface area contributed by atoms with Gasteiger partial charge in [0.05, 0.1) is 18.7 Å². The monoisotopic (exact) mass is 473 g/mol. The number of ketones is 1. The van der Waals surface area contributed by atoms with Crippen molar-refractivity contribution in [1.29, 1.82) is 0 Å². The molecule has 0 aromatic heterocycles. The fourth-order valence-corrected chi connectivity index (χ4v) is 4.91. The third-order valence-corrected chi connectivity index (χ3v) is 6.24. The zero-order valence-corrected chi connectivity index (χ0v) is 18.0. The number of carbonyl (C=O) groups is 4. The van der Waals surface area contributed by atoms with E-state index in [0.29, 0.717) is 7.11 Å². The van der Waals surface area contributed by atoms with Gasteiger partial charge in [0.2, 0.25) is 5.66 Å². The van der Waals surface area contributed by atoms with Crippen LogP contribution in [0.2, 0.25) is 0 Å². The van der Waals surface area contributed by atoms with E-state index >= 15 is 0 Å². The topological polar surface area (TPSA) is 106 Å². The number of hydrazone groups is 1. The van der Waals surface area contributed by atoms with Crippen LogP contribution in [0.4, 0.5) is 13.2 Å². The van der Waals surface area contributed by atoms with Crippen LogP contribution in [0, 0.1) is 0 Å². The first-order valence-corrected chi connectivity index (χ1v) is 10.2. The number of methoxy groups -OCH3 is 2. The normalized spacial score (nSPS) is 22.7. The van der Waals surface area contributed by atoms with Gasteiger partial charge in [0.1, 0.15) is 0 Å². The summed E-state index contributed by atoms with van der Waals surface area (Å²) < 4.78 is 52.9. The minimum atomic E-state index is -5.30. The largest absolute Gasteiger partial charge is 0.466 e. The Morgan fingerprint density at radius 1 is 1.16 bits per heavy atom. The Morgan fingerprint density at radius 3 is 2.28 bits per heavy atom. The average Bonchev–Trinajstić information content (AvgIpc) is 3.20. The Bertz CT molecular complexity index is 1000. The number of hydrogen-bond donors (Lipinski definition) is 0. The third kappa shape index (κ3) is 3.18. The van der Waals surface area contributed by atoms with E-state index in [1.165, 1.54) is 18.2 Å². The minimum absolute atomic E-state index is 0.179. The van der Waals surface area contributed by atoms with E-state index in [9.17, 15) is 32.3 Å². The second-order valence-electron chi connectivity index (χ2n) is 6.89. The SMILES string of the molecule is COC(=O)[C@]12CSCN1C(=O)C(C(C)=O)=NN2C(=O)[C@](OC)(c1ccccc1)C(F)(F)F. The second kappa shape index (κ2) is 8.20. The van der Waals surface area contributed by atoms with E-state index in [4.69, 9.17) is 9.47 Å². The zero-order chi connectivity index (χ0) is 23.9. The number of hydrogen-bond acceptors (Lipinski definition) is 8. The standard InChI is InChI=1S/C19H18F3N3O6S/c1-11(26)13-14(27)24-10-32-9-17(24,16(29)30-2)25(23-13)15(28)18(31-3,19(20,21)22)12-7-5-4-6-8-12/h4-8H,9-10H2,1-3H3/t17-,18-/m1/s1. The number of benzene rings is 1. The van der Waals surface area contributed by atoms with Gasteiger partial charge < -0.3 is 9.47 Å². The molecular weight excluding hydrogens is 455 g/mol. The molecule has 0 unspecified atom stereocenters. The van der Waals surface area contributed by atoms with Crippen LogP contribution in [-0.4, -0.2) is 76.9 Å². The average molecular weight is 473 g/mol. The molecule has 0 aliphatic carbocycles. The number of carbonyl (C=O) groups excluding carboxylic acids is 4. The molecule has 3 rings (SSSR count). The van der Waals surface area contributed by atoms with Crippen LogP contribution in [0.5, 0.6) is 0 Å². The van der Waals surface area contributed by atoms with Crippen LogP contribution in [0.1, 0.15) is 12.5 Å². The molecule has 0 spiro atoms. The molecular formula is C19H18F3N3O6S. The zero-order valence-electron chi connectivity index (χ0n) is 17.1. The summed E-state index contributed by atoms with van der Waals surface area (Å²) in [5, 5.41) is 3.87. The van der Waals surface area contributed by atoms with Crippen molar-refractivity contribution in [2.75, 3.05) is 25.8 Å². The van der Waals surface area contributed by atoms with Crippen LogP contribution in [0.25, 0.3) is 0 Å². The highest BCUT2D eigenvalue weighted by Gasteiger charge is 2.70. The molecule has 0 saturated carbocycles. The lowest BCUT2D eigenvalue weighted by atomic mass is 9.90. The molecule has 2 amide bonds. The van der Waals surface area contributed by atoms with Crippen molar-refractivity contribution in [3.05, 3.63) is 35.9 Å². The van der Waals surface area contributed by atoms with Crippen molar-refractivity contribution in [3.63, 3.8) is 0 Å². The van der Waals surface area contributed by atoms with Crippen LogP contribution in [0.3, 0.4) is 0 Å². The maximum absolute atomic E-state index is 14.5. The van der Waals surface area contributed by atoms with E-state index in [2.05, 4.69) is 5.10 Å². The van der Waals surface area contributed by atoms with Gasteiger partial charge in [0.15, 0.2) is 11.5 Å². The molecule has 2 atom stereocenters. The molecule has 2 heterocycles. The smallest absolute Gasteiger partial charge is 0.431 e. The molecule has 0 bridgehead atoms. The summed E-state index contributed by atoms with van der Waals surface area (Å²) in [4.78, 5) is 52.1. The molecule has 1 saturated heterocycles. The molecule has 9 nitrogen and oxygen atoms in total. The Kier molecular flexibility index (Phi) is 6.08. The van der Waals surface area contributed by atoms with Gasteiger partial charge in [-0.1, -0.05) is 30.3 Å². The molecule has 2 aliphatic heterocycles. The number of esters is 1. The van der Waals surface area contributed by atoms with E-state index in [1.807, 2.05) is 0 Å². The van der Waals surface area contributed by atoms with E-state index in [0.717, 1.165) is 42.8 Å². The lowest BCUT2D eigenvalue weighted by molar-refractivity contribution is -0.274. The predicted octanol–water partition coefficient (Wildman–Crippen LogP) is 1.28. The lowest BCUT2D eigenvalue weighted by Gasteiger charge is -2.46. The van der Waals surface area contributed by atoms with Gasteiger partial charge in [0, 0.05) is 19.6 Å². The number of fused-ring (bicyclic) bond motifs is 1. The first-order valence-electron chi connectivity index (χ1n) is 9.08. The Morgan fingerprint density at radius 2 is 1.78 bits per heavy atom. The van der Waals surface area contributed by atoms with Crippen molar-refractivity contribution in [2.45, 2.75) is 24.4 Å². The number of Topliss-reactive ketones (excluding diaryl/α,β-unsaturated/α-hetero) is 1. The van der Waals surface area contributed by atoms with Crippen LogP contribution in [0.15, 0.2) is 35.4 Å². The summed E-state index contributed by atoms with van der Waals surface area (Å²) >= 11 is 0.986. The van der Waals surface area contributed by atoms with E-state index < -0.39 is 52.3 Å². The molecule has 32 heavy (non-hydrogen) atoms. The Labute approximate surface area is 184 Å². The summed E-state index contributed by atoms with van der Waals surface area (Å²) in [5.74, 6) is -5.37. The molecule has 172 valence electrons. The molecule has 2 aliphatic rings. The van der Waals surface area contributed by atoms with Gasteiger partial charge in [0.25, 0.3) is 17.4 Å². The van der Waals surface area contributed by atoms with Gasteiger partial charge in [-0.15, -0.1) is 11.8 Å². The first kappa shape index (κ1) is 23.7. The van der Waals surface area contributed by atoms with E-state index in [-0.39, 0.29) is 16.6 Å².